The summed E-state index contributed by atoms with van der Waals surface area (Å²) in [5.41, 5.74) is -0.891. The Balaban J connectivity index is 1.94. The van der Waals surface area contributed by atoms with Crippen molar-refractivity contribution in [2.24, 2.45) is 5.41 Å². The summed E-state index contributed by atoms with van der Waals surface area (Å²) in [6.07, 6.45) is -1.71. The quantitative estimate of drug-likeness (QED) is 0.900. The number of nitrogens with one attached hydrogen (secondary N) is 2. The minimum Gasteiger partial charge on any atom is -0.350 e. The van der Waals surface area contributed by atoms with Crippen LogP contribution in [-0.4, -0.2) is 30.5 Å². The third kappa shape index (κ3) is 4.17. The molecule has 21 heavy (non-hydrogen) atoms. The monoisotopic (exact) mass is 301 g/mol. The highest BCUT2D eigenvalue weighted by atomic mass is 19.4. The van der Waals surface area contributed by atoms with Crippen molar-refractivity contribution in [3.63, 3.8) is 0 Å². The lowest BCUT2D eigenvalue weighted by Crippen LogP contribution is -2.45. The highest BCUT2D eigenvalue weighted by Crippen LogP contribution is 2.28. The molecule has 7 heteroatoms. The van der Waals surface area contributed by atoms with Crippen LogP contribution in [-0.2, 0) is 6.18 Å². The molecule has 1 aromatic heterocycles. The number of hydrogen-bond acceptors (Lipinski definition) is 3. The zero-order valence-corrected chi connectivity index (χ0v) is 11.8. The van der Waals surface area contributed by atoms with E-state index in [0.717, 1.165) is 38.1 Å². The van der Waals surface area contributed by atoms with Crippen molar-refractivity contribution in [1.29, 1.82) is 0 Å². The molecule has 1 aromatic rings. The van der Waals surface area contributed by atoms with E-state index in [-0.39, 0.29) is 11.1 Å². The second kappa shape index (κ2) is 6.01. The van der Waals surface area contributed by atoms with Crippen LogP contribution in [0.3, 0.4) is 0 Å². The summed E-state index contributed by atoms with van der Waals surface area (Å²) < 4.78 is 37.2. The van der Waals surface area contributed by atoms with Gasteiger partial charge in [0.05, 0.1) is 5.56 Å². The number of hydrogen-bond donors (Lipinski definition) is 2. The minimum absolute atomic E-state index is 0.00429. The van der Waals surface area contributed by atoms with E-state index in [1.54, 1.807) is 0 Å². The van der Waals surface area contributed by atoms with Crippen molar-refractivity contribution in [3.05, 3.63) is 29.6 Å². The van der Waals surface area contributed by atoms with E-state index in [2.05, 4.69) is 22.5 Å². The van der Waals surface area contributed by atoms with Crippen LogP contribution in [0.2, 0.25) is 0 Å². The summed E-state index contributed by atoms with van der Waals surface area (Å²) in [5.74, 6) is -0.449. The molecule has 0 radical (unpaired) electrons. The molecule has 1 unspecified atom stereocenters. The number of carbonyl (C=O) groups excluding carboxylic acids is 1. The first-order valence-electron chi connectivity index (χ1n) is 6.82. The molecule has 1 aliphatic heterocycles. The lowest BCUT2D eigenvalue weighted by molar-refractivity contribution is -0.137. The maximum Gasteiger partial charge on any atom is 0.417 e. The number of carbonyl (C=O) groups is 1. The minimum atomic E-state index is -4.44. The van der Waals surface area contributed by atoms with Gasteiger partial charge in [-0.15, -0.1) is 0 Å². The molecule has 116 valence electrons. The number of amides is 1. The van der Waals surface area contributed by atoms with Crippen LogP contribution >= 0.6 is 0 Å². The SMILES string of the molecule is CC1(CNC(=O)c2ccc(C(F)(F)F)cn2)CCCNC1. The molecule has 1 atom stereocenters. The summed E-state index contributed by atoms with van der Waals surface area (Å²) in [4.78, 5) is 15.5. The smallest absolute Gasteiger partial charge is 0.350 e. The molecule has 1 amide bonds. The van der Waals surface area contributed by atoms with Crippen molar-refractivity contribution in [3.8, 4) is 0 Å². The fraction of sp³-hybridized carbons (Fsp3) is 0.571. The van der Waals surface area contributed by atoms with Crippen LogP contribution in [0.25, 0.3) is 0 Å². The van der Waals surface area contributed by atoms with E-state index in [9.17, 15) is 18.0 Å². The van der Waals surface area contributed by atoms with Crippen LogP contribution < -0.4 is 10.6 Å². The van der Waals surface area contributed by atoms with Crippen LogP contribution in [0, 0.1) is 5.41 Å². The summed E-state index contributed by atoms with van der Waals surface area (Å²) >= 11 is 0. The Hall–Kier alpha value is -1.63. The Bertz CT molecular complexity index is 493. The zero-order chi connectivity index (χ0) is 15.5. The van der Waals surface area contributed by atoms with E-state index < -0.39 is 17.6 Å². The van der Waals surface area contributed by atoms with Crippen molar-refractivity contribution in [2.75, 3.05) is 19.6 Å². The average molecular weight is 301 g/mol. The van der Waals surface area contributed by atoms with E-state index in [4.69, 9.17) is 0 Å². The van der Waals surface area contributed by atoms with E-state index in [1.807, 2.05) is 0 Å². The Morgan fingerprint density at radius 3 is 2.76 bits per heavy atom. The van der Waals surface area contributed by atoms with Gasteiger partial charge in [-0.3, -0.25) is 9.78 Å². The Labute approximate surface area is 121 Å². The van der Waals surface area contributed by atoms with Gasteiger partial charge >= 0.3 is 6.18 Å². The Morgan fingerprint density at radius 1 is 1.48 bits per heavy atom. The molecule has 2 N–H and O–H groups in total. The summed E-state index contributed by atoms with van der Waals surface area (Å²) in [6, 6.07) is 1.96. The second-order valence-electron chi connectivity index (χ2n) is 5.70. The first kappa shape index (κ1) is 15.8. The van der Waals surface area contributed by atoms with Gasteiger partial charge in [0.2, 0.25) is 0 Å². The molecule has 0 saturated carbocycles. The van der Waals surface area contributed by atoms with Crippen molar-refractivity contribution in [2.45, 2.75) is 25.9 Å². The molecule has 1 aliphatic rings. The summed E-state index contributed by atoms with van der Waals surface area (Å²) in [6.45, 7) is 4.33. The van der Waals surface area contributed by atoms with Gasteiger partial charge in [0, 0.05) is 19.3 Å². The molecule has 2 heterocycles. The summed E-state index contributed by atoms with van der Waals surface area (Å²) in [5, 5.41) is 6.02. The molecule has 1 saturated heterocycles. The van der Waals surface area contributed by atoms with Gasteiger partial charge in [0.15, 0.2) is 0 Å². The van der Waals surface area contributed by atoms with Gasteiger partial charge in [-0.1, -0.05) is 6.92 Å². The third-order valence-corrected chi connectivity index (χ3v) is 3.68. The molecule has 2 rings (SSSR count). The number of aromatic nitrogens is 1. The predicted molar refractivity (Wildman–Crippen MR) is 71.8 cm³/mol. The number of nitrogens with zero attached hydrogens (tertiary/aromatic N) is 1. The second-order valence-corrected chi connectivity index (χ2v) is 5.70. The molecule has 0 spiro atoms. The molecule has 0 aromatic carbocycles. The van der Waals surface area contributed by atoms with Crippen LogP contribution in [0.5, 0.6) is 0 Å². The van der Waals surface area contributed by atoms with E-state index in [0.29, 0.717) is 12.7 Å². The van der Waals surface area contributed by atoms with Crippen molar-refractivity contribution in [1.82, 2.24) is 15.6 Å². The van der Waals surface area contributed by atoms with E-state index in [1.165, 1.54) is 0 Å². The van der Waals surface area contributed by atoms with Gasteiger partial charge in [-0.25, -0.2) is 0 Å². The average Bonchev–Trinajstić information content (AvgIpc) is 2.45. The van der Waals surface area contributed by atoms with Gasteiger partial charge in [-0.2, -0.15) is 13.2 Å². The van der Waals surface area contributed by atoms with Crippen LogP contribution in [0.1, 0.15) is 35.8 Å². The predicted octanol–water partition coefficient (Wildman–Crippen LogP) is 2.22. The normalized spacial score (nSPS) is 22.9. The lowest BCUT2D eigenvalue weighted by Gasteiger charge is -2.34. The van der Waals surface area contributed by atoms with Gasteiger partial charge in [0.25, 0.3) is 5.91 Å². The fourth-order valence-corrected chi connectivity index (χ4v) is 2.35. The molecular formula is C14H18F3N3O. The lowest BCUT2D eigenvalue weighted by atomic mass is 9.83. The molecular weight excluding hydrogens is 283 g/mol. The number of rotatable bonds is 3. The van der Waals surface area contributed by atoms with Crippen molar-refractivity contribution >= 4 is 5.91 Å². The molecule has 0 bridgehead atoms. The molecule has 4 nitrogen and oxygen atoms in total. The van der Waals surface area contributed by atoms with Crippen LogP contribution in [0.15, 0.2) is 18.3 Å². The number of halogens is 3. The van der Waals surface area contributed by atoms with Gasteiger partial charge in [-0.05, 0) is 36.9 Å². The first-order chi connectivity index (χ1) is 9.80. The standard InChI is InChI=1S/C14H18F3N3O/c1-13(5-2-6-18-8-13)9-20-12(21)11-4-3-10(7-19-11)14(15,16)17/h3-4,7,18H,2,5-6,8-9H2,1H3,(H,20,21). The Morgan fingerprint density at radius 2 is 2.24 bits per heavy atom. The number of alkyl halides is 3. The Kier molecular flexibility index (Phi) is 4.51. The zero-order valence-electron chi connectivity index (χ0n) is 11.8. The first-order valence-corrected chi connectivity index (χ1v) is 6.82. The van der Waals surface area contributed by atoms with Crippen molar-refractivity contribution < 1.29 is 18.0 Å². The number of pyridine rings is 1. The summed E-state index contributed by atoms with van der Waals surface area (Å²) in [7, 11) is 0. The largest absolute Gasteiger partial charge is 0.417 e. The molecule has 1 fully saturated rings. The highest BCUT2D eigenvalue weighted by Gasteiger charge is 2.31. The molecule has 0 aliphatic carbocycles. The topological polar surface area (TPSA) is 54.0 Å². The third-order valence-electron chi connectivity index (χ3n) is 3.68. The van der Waals surface area contributed by atoms with E-state index >= 15 is 0 Å². The number of piperidine rings is 1. The maximum absolute atomic E-state index is 12.4. The highest BCUT2D eigenvalue weighted by molar-refractivity contribution is 5.92. The van der Waals surface area contributed by atoms with Crippen LogP contribution in [0.4, 0.5) is 13.2 Å². The van der Waals surface area contributed by atoms with Gasteiger partial charge < -0.3 is 10.6 Å². The maximum atomic E-state index is 12.4. The fourth-order valence-electron chi connectivity index (χ4n) is 2.35. The van der Waals surface area contributed by atoms with Gasteiger partial charge in [0.1, 0.15) is 5.69 Å².